The van der Waals surface area contributed by atoms with Crippen molar-refractivity contribution in [3.8, 4) is 0 Å². The van der Waals surface area contributed by atoms with Gasteiger partial charge < -0.3 is 10.2 Å². The topological polar surface area (TPSA) is 15.3 Å². The van der Waals surface area contributed by atoms with E-state index >= 15 is 0 Å². The molecular formula is C13H17ClN2. The highest BCUT2D eigenvalue weighted by Gasteiger charge is 2.26. The zero-order valence-corrected chi connectivity index (χ0v) is 10.1. The molecule has 1 saturated carbocycles. The Bertz CT molecular complexity index is 386. The largest absolute Gasteiger partial charge is 0.382 e. The number of anilines is 2. The van der Waals surface area contributed by atoms with Gasteiger partial charge in [-0.25, -0.2) is 0 Å². The van der Waals surface area contributed by atoms with Gasteiger partial charge in [0.25, 0.3) is 0 Å². The minimum absolute atomic E-state index is 0.752. The van der Waals surface area contributed by atoms with Crippen molar-refractivity contribution >= 4 is 23.0 Å². The Hall–Kier alpha value is -0.890. The normalized spacial score (nSPS) is 20.7. The van der Waals surface area contributed by atoms with E-state index in [4.69, 9.17) is 11.6 Å². The minimum Gasteiger partial charge on any atom is -0.382 e. The molecule has 1 aromatic rings. The van der Waals surface area contributed by atoms with E-state index in [-0.39, 0.29) is 0 Å². The van der Waals surface area contributed by atoms with E-state index in [1.807, 2.05) is 12.1 Å². The van der Waals surface area contributed by atoms with E-state index in [1.165, 1.54) is 37.1 Å². The first-order valence-electron chi connectivity index (χ1n) is 6.15. The lowest BCUT2D eigenvalue weighted by atomic mass is 10.1. The van der Waals surface area contributed by atoms with Crippen LogP contribution in [0.2, 0.25) is 5.02 Å². The lowest BCUT2D eigenvalue weighted by molar-refractivity contribution is 0.606. The Morgan fingerprint density at radius 1 is 1.25 bits per heavy atom. The molecule has 3 rings (SSSR count). The fourth-order valence-corrected chi connectivity index (χ4v) is 3.10. The minimum atomic E-state index is 0.752. The van der Waals surface area contributed by atoms with Gasteiger partial charge in [0, 0.05) is 24.2 Å². The van der Waals surface area contributed by atoms with Crippen molar-refractivity contribution in [3.05, 3.63) is 23.2 Å². The molecule has 0 unspecified atom stereocenters. The SMILES string of the molecule is Clc1ccc2c(c1)NCCN2C1CCCC1. The summed E-state index contributed by atoms with van der Waals surface area (Å²) in [4.78, 5) is 2.56. The van der Waals surface area contributed by atoms with Crippen LogP contribution in [0.25, 0.3) is 0 Å². The molecule has 1 heterocycles. The Kier molecular flexibility index (Phi) is 2.68. The number of nitrogens with zero attached hydrogens (tertiary/aromatic N) is 1. The van der Waals surface area contributed by atoms with Crippen molar-refractivity contribution < 1.29 is 0 Å². The summed E-state index contributed by atoms with van der Waals surface area (Å²) in [5.41, 5.74) is 2.54. The molecule has 1 aliphatic carbocycles. The molecule has 0 amide bonds. The quantitative estimate of drug-likeness (QED) is 0.803. The highest BCUT2D eigenvalue weighted by molar-refractivity contribution is 6.31. The molecule has 0 aromatic heterocycles. The molecular weight excluding hydrogens is 220 g/mol. The molecule has 1 aromatic carbocycles. The molecule has 86 valence electrons. The first-order chi connectivity index (χ1) is 7.84. The summed E-state index contributed by atoms with van der Waals surface area (Å²) >= 11 is 6.03. The first kappa shape index (κ1) is 10.3. The lowest BCUT2D eigenvalue weighted by Crippen LogP contribution is -2.40. The zero-order chi connectivity index (χ0) is 11.0. The predicted molar refractivity (Wildman–Crippen MR) is 69.5 cm³/mol. The fraction of sp³-hybridized carbons (Fsp3) is 0.538. The van der Waals surface area contributed by atoms with Crippen molar-refractivity contribution in [2.24, 2.45) is 0 Å². The number of fused-ring (bicyclic) bond motifs is 1. The van der Waals surface area contributed by atoms with Gasteiger partial charge in [0.1, 0.15) is 0 Å². The highest BCUT2D eigenvalue weighted by atomic mass is 35.5. The second kappa shape index (κ2) is 4.17. The van der Waals surface area contributed by atoms with Gasteiger partial charge in [0.15, 0.2) is 0 Å². The molecule has 0 atom stereocenters. The zero-order valence-electron chi connectivity index (χ0n) is 9.38. The molecule has 2 aliphatic rings. The summed E-state index contributed by atoms with van der Waals surface area (Å²) < 4.78 is 0. The summed E-state index contributed by atoms with van der Waals surface area (Å²) in [6.45, 7) is 2.16. The summed E-state index contributed by atoms with van der Waals surface area (Å²) in [5.74, 6) is 0. The predicted octanol–water partition coefficient (Wildman–Crippen LogP) is 3.51. The number of hydrogen-bond acceptors (Lipinski definition) is 2. The maximum atomic E-state index is 6.03. The van der Waals surface area contributed by atoms with Crippen LogP contribution in [0.4, 0.5) is 11.4 Å². The number of benzene rings is 1. The van der Waals surface area contributed by atoms with Crippen LogP contribution in [0.1, 0.15) is 25.7 Å². The van der Waals surface area contributed by atoms with E-state index in [2.05, 4.69) is 16.3 Å². The fourth-order valence-electron chi connectivity index (χ4n) is 2.93. The smallest absolute Gasteiger partial charge is 0.0606 e. The third-order valence-corrected chi connectivity index (χ3v) is 3.94. The third-order valence-electron chi connectivity index (χ3n) is 3.70. The molecule has 2 nitrogen and oxygen atoms in total. The molecule has 1 fully saturated rings. The Labute approximate surface area is 102 Å². The van der Waals surface area contributed by atoms with Crippen LogP contribution >= 0.6 is 11.6 Å². The highest BCUT2D eigenvalue weighted by Crippen LogP contribution is 2.36. The summed E-state index contributed by atoms with van der Waals surface area (Å²) in [5, 5.41) is 4.25. The molecule has 3 heteroatoms. The Morgan fingerprint density at radius 2 is 2.06 bits per heavy atom. The molecule has 0 radical (unpaired) electrons. The van der Waals surface area contributed by atoms with E-state index in [0.717, 1.165) is 24.2 Å². The third kappa shape index (κ3) is 1.75. The average Bonchev–Trinajstić information content (AvgIpc) is 2.81. The van der Waals surface area contributed by atoms with Gasteiger partial charge in [-0.05, 0) is 31.0 Å². The van der Waals surface area contributed by atoms with Gasteiger partial charge in [-0.3, -0.25) is 0 Å². The number of halogens is 1. The molecule has 0 saturated heterocycles. The molecule has 0 bridgehead atoms. The Morgan fingerprint density at radius 3 is 2.88 bits per heavy atom. The monoisotopic (exact) mass is 236 g/mol. The average molecular weight is 237 g/mol. The standard InChI is InChI=1S/C13H17ClN2/c14-10-5-6-13-12(9-10)15-7-8-16(13)11-3-1-2-4-11/h5-6,9,11,15H,1-4,7-8H2. The van der Waals surface area contributed by atoms with Crippen molar-refractivity contribution in [2.75, 3.05) is 23.3 Å². The van der Waals surface area contributed by atoms with E-state index in [1.54, 1.807) is 0 Å². The van der Waals surface area contributed by atoms with Crippen molar-refractivity contribution in [2.45, 2.75) is 31.7 Å². The van der Waals surface area contributed by atoms with Crippen LogP contribution in [0, 0.1) is 0 Å². The van der Waals surface area contributed by atoms with E-state index in [0.29, 0.717) is 0 Å². The number of rotatable bonds is 1. The van der Waals surface area contributed by atoms with Gasteiger partial charge in [-0.1, -0.05) is 24.4 Å². The Balaban J connectivity index is 1.93. The van der Waals surface area contributed by atoms with Gasteiger partial charge in [0.05, 0.1) is 11.4 Å². The first-order valence-corrected chi connectivity index (χ1v) is 6.52. The van der Waals surface area contributed by atoms with Crippen LogP contribution in [0.5, 0.6) is 0 Å². The van der Waals surface area contributed by atoms with Gasteiger partial charge >= 0.3 is 0 Å². The number of nitrogens with one attached hydrogen (secondary N) is 1. The lowest BCUT2D eigenvalue weighted by Gasteiger charge is -2.36. The van der Waals surface area contributed by atoms with Crippen molar-refractivity contribution in [3.63, 3.8) is 0 Å². The maximum Gasteiger partial charge on any atom is 0.0606 e. The van der Waals surface area contributed by atoms with E-state index < -0.39 is 0 Å². The summed E-state index contributed by atoms with van der Waals surface area (Å²) in [6.07, 6.45) is 5.47. The van der Waals surface area contributed by atoms with Crippen LogP contribution in [0.3, 0.4) is 0 Å². The molecule has 0 spiro atoms. The summed E-state index contributed by atoms with van der Waals surface area (Å²) in [7, 11) is 0. The second-order valence-corrected chi connectivity index (χ2v) is 5.16. The molecule has 16 heavy (non-hydrogen) atoms. The second-order valence-electron chi connectivity index (χ2n) is 4.72. The number of hydrogen-bond donors (Lipinski definition) is 1. The van der Waals surface area contributed by atoms with Crippen LogP contribution in [0.15, 0.2) is 18.2 Å². The van der Waals surface area contributed by atoms with Crippen LogP contribution in [-0.4, -0.2) is 19.1 Å². The van der Waals surface area contributed by atoms with E-state index in [9.17, 15) is 0 Å². The maximum absolute atomic E-state index is 6.03. The summed E-state index contributed by atoms with van der Waals surface area (Å²) in [6, 6.07) is 6.94. The molecule has 1 aliphatic heterocycles. The molecule has 1 N–H and O–H groups in total. The van der Waals surface area contributed by atoms with Crippen LogP contribution in [-0.2, 0) is 0 Å². The van der Waals surface area contributed by atoms with Gasteiger partial charge in [-0.15, -0.1) is 0 Å². The van der Waals surface area contributed by atoms with Crippen LogP contribution < -0.4 is 10.2 Å². The van der Waals surface area contributed by atoms with Gasteiger partial charge in [-0.2, -0.15) is 0 Å². The van der Waals surface area contributed by atoms with Crippen molar-refractivity contribution in [1.82, 2.24) is 0 Å². The van der Waals surface area contributed by atoms with Crippen molar-refractivity contribution in [1.29, 1.82) is 0 Å². The van der Waals surface area contributed by atoms with Gasteiger partial charge in [0.2, 0.25) is 0 Å².